The van der Waals surface area contributed by atoms with Gasteiger partial charge in [-0.1, -0.05) is 25.4 Å². The molecule has 1 aromatic rings. The van der Waals surface area contributed by atoms with Crippen molar-refractivity contribution >= 4 is 0 Å². The zero-order chi connectivity index (χ0) is 12.1. The molecule has 0 saturated carbocycles. The first kappa shape index (κ1) is 12.5. The number of hydrogen-bond donors (Lipinski definition) is 1. The molecule has 1 aromatic heterocycles. The van der Waals surface area contributed by atoms with Crippen molar-refractivity contribution in [3.8, 4) is 0 Å². The summed E-state index contributed by atoms with van der Waals surface area (Å²) in [4.78, 5) is 6.54. The van der Waals surface area contributed by atoms with Gasteiger partial charge in [0.2, 0.25) is 6.39 Å². The first-order valence-electron chi connectivity index (χ1n) is 6.50. The number of nitrogens with one attached hydrogen (secondary N) is 1. The zero-order valence-corrected chi connectivity index (χ0v) is 10.7. The van der Waals surface area contributed by atoms with E-state index in [0.29, 0.717) is 6.04 Å². The van der Waals surface area contributed by atoms with Crippen LogP contribution in [0.3, 0.4) is 0 Å². The van der Waals surface area contributed by atoms with Gasteiger partial charge >= 0.3 is 0 Å². The Hall–Kier alpha value is -0.940. The van der Waals surface area contributed by atoms with Crippen LogP contribution in [0.4, 0.5) is 0 Å². The summed E-state index contributed by atoms with van der Waals surface area (Å²) in [6, 6.07) is 0.624. The van der Waals surface area contributed by atoms with E-state index in [1.165, 1.54) is 12.8 Å². The average molecular weight is 238 g/mol. The van der Waals surface area contributed by atoms with Crippen molar-refractivity contribution in [3.05, 3.63) is 12.2 Å². The highest BCUT2D eigenvalue weighted by Crippen LogP contribution is 2.12. The van der Waals surface area contributed by atoms with Crippen molar-refractivity contribution < 1.29 is 4.52 Å². The standard InChI is InChI=1S/C12H22N4O/c1-3-10(2)11-8-16(7-5-13-11)6-4-12-14-9-17-15-12/h9-11,13H,3-8H2,1-2H3. The van der Waals surface area contributed by atoms with E-state index in [4.69, 9.17) is 4.52 Å². The van der Waals surface area contributed by atoms with E-state index in [1.807, 2.05) is 0 Å². The van der Waals surface area contributed by atoms with Crippen LogP contribution in [0.15, 0.2) is 10.9 Å². The Morgan fingerprint density at radius 1 is 1.65 bits per heavy atom. The molecule has 1 aliphatic rings. The predicted molar refractivity (Wildman–Crippen MR) is 65.7 cm³/mol. The van der Waals surface area contributed by atoms with Crippen molar-refractivity contribution in [1.29, 1.82) is 0 Å². The van der Waals surface area contributed by atoms with Crippen LogP contribution in [-0.2, 0) is 6.42 Å². The molecule has 2 unspecified atom stereocenters. The van der Waals surface area contributed by atoms with Crippen molar-refractivity contribution in [2.45, 2.75) is 32.7 Å². The fraction of sp³-hybridized carbons (Fsp3) is 0.833. The molecule has 0 aliphatic carbocycles. The molecular weight excluding hydrogens is 216 g/mol. The molecule has 17 heavy (non-hydrogen) atoms. The van der Waals surface area contributed by atoms with Crippen LogP contribution < -0.4 is 5.32 Å². The van der Waals surface area contributed by atoms with E-state index in [0.717, 1.165) is 44.3 Å². The van der Waals surface area contributed by atoms with E-state index in [-0.39, 0.29) is 0 Å². The molecule has 0 spiro atoms. The maximum atomic E-state index is 4.74. The molecule has 1 saturated heterocycles. The lowest BCUT2D eigenvalue weighted by atomic mass is 9.97. The van der Waals surface area contributed by atoms with Crippen LogP contribution in [0, 0.1) is 5.92 Å². The number of hydrogen-bond acceptors (Lipinski definition) is 5. The average Bonchev–Trinajstić information content (AvgIpc) is 2.89. The van der Waals surface area contributed by atoms with Gasteiger partial charge in [0.15, 0.2) is 5.82 Å². The lowest BCUT2D eigenvalue weighted by Gasteiger charge is -2.36. The first-order chi connectivity index (χ1) is 8.29. The van der Waals surface area contributed by atoms with E-state index < -0.39 is 0 Å². The fourth-order valence-corrected chi connectivity index (χ4v) is 2.27. The predicted octanol–water partition coefficient (Wildman–Crippen LogP) is 0.932. The largest absolute Gasteiger partial charge is 0.343 e. The second-order valence-electron chi connectivity index (χ2n) is 4.84. The minimum Gasteiger partial charge on any atom is -0.343 e. The number of rotatable bonds is 5. The topological polar surface area (TPSA) is 54.2 Å². The van der Waals surface area contributed by atoms with Gasteiger partial charge < -0.3 is 14.7 Å². The van der Waals surface area contributed by atoms with Crippen molar-refractivity contribution in [1.82, 2.24) is 20.4 Å². The van der Waals surface area contributed by atoms with Gasteiger partial charge in [-0.2, -0.15) is 4.98 Å². The summed E-state index contributed by atoms with van der Waals surface area (Å²) in [5.41, 5.74) is 0. The lowest BCUT2D eigenvalue weighted by Crippen LogP contribution is -2.53. The third kappa shape index (κ3) is 3.51. The lowest BCUT2D eigenvalue weighted by molar-refractivity contribution is 0.169. The Bertz CT molecular complexity index is 314. The van der Waals surface area contributed by atoms with Gasteiger partial charge in [0.1, 0.15) is 0 Å². The van der Waals surface area contributed by atoms with Gasteiger partial charge in [-0.15, -0.1) is 0 Å². The molecule has 1 fully saturated rings. The van der Waals surface area contributed by atoms with E-state index in [2.05, 4.69) is 34.2 Å². The summed E-state index contributed by atoms with van der Waals surface area (Å²) in [5, 5.41) is 7.44. The molecule has 0 radical (unpaired) electrons. The van der Waals surface area contributed by atoms with Crippen LogP contribution in [0.25, 0.3) is 0 Å². The molecular formula is C12H22N4O. The summed E-state index contributed by atoms with van der Waals surface area (Å²) in [7, 11) is 0. The van der Waals surface area contributed by atoms with Gasteiger partial charge in [-0.3, -0.25) is 0 Å². The highest BCUT2D eigenvalue weighted by atomic mass is 16.5. The molecule has 2 heterocycles. The summed E-state index contributed by atoms with van der Waals surface area (Å²) in [5.74, 6) is 1.55. The summed E-state index contributed by atoms with van der Waals surface area (Å²) >= 11 is 0. The monoisotopic (exact) mass is 238 g/mol. The normalized spacial score (nSPS) is 23.8. The van der Waals surface area contributed by atoms with Crippen LogP contribution in [0.2, 0.25) is 0 Å². The Morgan fingerprint density at radius 3 is 3.24 bits per heavy atom. The number of nitrogens with zero attached hydrogens (tertiary/aromatic N) is 3. The Balaban J connectivity index is 1.77. The van der Waals surface area contributed by atoms with Gasteiger partial charge in [-0.25, -0.2) is 0 Å². The van der Waals surface area contributed by atoms with Crippen molar-refractivity contribution in [3.63, 3.8) is 0 Å². The quantitative estimate of drug-likeness (QED) is 0.827. The zero-order valence-electron chi connectivity index (χ0n) is 10.7. The third-order valence-electron chi connectivity index (χ3n) is 3.68. The minimum absolute atomic E-state index is 0.624. The number of piperazine rings is 1. The highest BCUT2D eigenvalue weighted by Gasteiger charge is 2.22. The molecule has 1 aliphatic heterocycles. The maximum Gasteiger partial charge on any atom is 0.213 e. The maximum absolute atomic E-state index is 4.74. The van der Waals surface area contributed by atoms with E-state index >= 15 is 0 Å². The van der Waals surface area contributed by atoms with Crippen LogP contribution >= 0.6 is 0 Å². The second-order valence-corrected chi connectivity index (χ2v) is 4.84. The van der Waals surface area contributed by atoms with Gasteiger partial charge in [0, 0.05) is 38.6 Å². The minimum atomic E-state index is 0.624. The Labute approximate surface area is 103 Å². The molecule has 0 amide bonds. The van der Waals surface area contributed by atoms with Crippen LogP contribution in [0.5, 0.6) is 0 Å². The highest BCUT2D eigenvalue weighted by molar-refractivity contribution is 4.85. The molecule has 1 N–H and O–H groups in total. The van der Waals surface area contributed by atoms with Crippen LogP contribution in [0.1, 0.15) is 26.1 Å². The molecule has 5 nitrogen and oxygen atoms in total. The molecule has 5 heteroatoms. The smallest absolute Gasteiger partial charge is 0.213 e. The SMILES string of the molecule is CCC(C)C1CN(CCc2ncon2)CCN1. The summed E-state index contributed by atoms with van der Waals surface area (Å²) in [6.45, 7) is 8.93. The van der Waals surface area contributed by atoms with Crippen molar-refractivity contribution in [2.75, 3.05) is 26.2 Å². The Kier molecular flexibility index (Phi) is 4.50. The molecule has 2 atom stereocenters. The molecule has 96 valence electrons. The molecule has 0 bridgehead atoms. The van der Waals surface area contributed by atoms with Crippen LogP contribution in [-0.4, -0.2) is 47.3 Å². The molecule has 0 aromatic carbocycles. The number of aromatic nitrogens is 2. The summed E-state index contributed by atoms with van der Waals surface area (Å²) in [6.07, 6.45) is 3.51. The fourth-order valence-electron chi connectivity index (χ4n) is 2.27. The summed E-state index contributed by atoms with van der Waals surface area (Å²) < 4.78 is 4.74. The third-order valence-corrected chi connectivity index (χ3v) is 3.68. The van der Waals surface area contributed by atoms with Crippen molar-refractivity contribution in [2.24, 2.45) is 5.92 Å². The van der Waals surface area contributed by atoms with Gasteiger partial charge in [-0.05, 0) is 5.92 Å². The van der Waals surface area contributed by atoms with Gasteiger partial charge in [0.05, 0.1) is 0 Å². The molecule has 2 rings (SSSR count). The van der Waals surface area contributed by atoms with E-state index in [1.54, 1.807) is 0 Å². The van der Waals surface area contributed by atoms with E-state index in [9.17, 15) is 0 Å². The Morgan fingerprint density at radius 2 is 2.53 bits per heavy atom. The van der Waals surface area contributed by atoms with Gasteiger partial charge in [0.25, 0.3) is 0 Å². The first-order valence-corrected chi connectivity index (χ1v) is 6.50. The second kappa shape index (κ2) is 6.12.